The van der Waals surface area contributed by atoms with Gasteiger partial charge in [0, 0.05) is 32.0 Å². The molecule has 15 nitrogen and oxygen atoms in total. The summed E-state index contributed by atoms with van der Waals surface area (Å²) in [5, 5.41) is 32.5. The van der Waals surface area contributed by atoms with Crippen molar-refractivity contribution in [3.8, 4) is 5.69 Å². The Morgan fingerprint density at radius 3 is 1.70 bits per heavy atom. The molecule has 1 aromatic heterocycles. The Morgan fingerprint density at radius 2 is 1.28 bits per heavy atom. The van der Waals surface area contributed by atoms with Crippen LogP contribution in [0.15, 0.2) is 108 Å². The molecule has 0 aliphatic heterocycles. The molecular weight excluding hydrogens is 733 g/mol. The van der Waals surface area contributed by atoms with Crippen molar-refractivity contribution in [1.82, 2.24) is 25.4 Å². The fraction of sp³-hybridized carbons (Fsp3) is 0.143. The first-order valence-corrected chi connectivity index (χ1v) is 16.9. The second-order valence-electron chi connectivity index (χ2n) is 11.2. The third kappa shape index (κ3) is 12.7. The van der Waals surface area contributed by atoms with Gasteiger partial charge < -0.3 is 35.8 Å². The van der Waals surface area contributed by atoms with Crippen LogP contribution in [0.3, 0.4) is 0 Å². The molecule has 0 saturated carbocycles. The SMILES string of the molecule is O=C[B]N[C@@H](Cc1ccccc1Cl)C(=O)Nc1ccc(-n2cc(CO)nn2)cc1.[N-]=[N+]=Nc1ccc(NC(=O)[C@H](Cc2ccccc2Cl)N[B]C=O)cc1. The Labute approximate surface area is 321 Å². The molecule has 54 heavy (non-hydrogen) atoms. The summed E-state index contributed by atoms with van der Waals surface area (Å²) in [5.74, 6) is -0.631. The van der Waals surface area contributed by atoms with Gasteiger partial charge in [0.15, 0.2) is 0 Å². The summed E-state index contributed by atoms with van der Waals surface area (Å²) < 4.78 is 1.53. The molecule has 5 aromatic rings. The van der Waals surface area contributed by atoms with Crippen LogP contribution in [0.25, 0.3) is 16.1 Å². The van der Waals surface area contributed by atoms with Crippen molar-refractivity contribution >= 4 is 79.3 Å². The van der Waals surface area contributed by atoms with Gasteiger partial charge in [-0.05, 0) is 78.0 Å². The number of aliphatic hydroxyl groups is 1. The molecule has 19 heteroatoms. The highest BCUT2D eigenvalue weighted by Crippen LogP contribution is 2.20. The molecule has 0 aliphatic rings. The molecule has 2 atom stereocenters. The zero-order chi connectivity index (χ0) is 38.7. The van der Waals surface area contributed by atoms with Gasteiger partial charge in [-0.3, -0.25) is 9.59 Å². The fourth-order valence-corrected chi connectivity index (χ4v) is 5.28. The molecule has 2 radical (unpaired) electrons. The number of azide groups is 1. The second kappa shape index (κ2) is 21.7. The van der Waals surface area contributed by atoms with Gasteiger partial charge in [0.2, 0.25) is 11.8 Å². The molecule has 1 heterocycles. The van der Waals surface area contributed by atoms with E-state index >= 15 is 0 Å². The van der Waals surface area contributed by atoms with Crippen molar-refractivity contribution < 1.29 is 24.3 Å². The summed E-state index contributed by atoms with van der Waals surface area (Å²) in [5.41, 5.74) is 12.7. The topological polar surface area (TPSA) is 216 Å². The van der Waals surface area contributed by atoms with Crippen molar-refractivity contribution in [3.63, 3.8) is 0 Å². The Bertz CT molecular complexity index is 2070. The number of nitrogens with zero attached hydrogens (tertiary/aromatic N) is 6. The van der Waals surface area contributed by atoms with E-state index in [4.69, 9.17) is 33.8 Å². The van der Waals surface area contributed by atoms with Gasteiger partial charge in [0.25, 0.3) is 14.8 Å². The molecule has 0 unspecified atom stereocenters. The molecule has 0 spiro atoms. The van der Waals surface area contributed by atoms with Crippen LogP contribution in [0.4, 0.5) is 17.1 Å². The lowest BCUT2D eigenvalue weighted by Crippen LogP contribution is -2.44. The lowest BCUT2D eigenvalue weighted by atomic mass is 9.93. The van der Waals surface area contributed by atoms with Crippen LogP contribution in [0.5, 0.6) is 0 Å². The van der Waals surface area contributed by atoms with E-state index in [0.29, 0.717) is 58.0 Å². The predicted octanol–water partition coefficient (Wildman–Crippen LogP) is 4.59. The summed E-state index contributed by atoms with van der Waals surface area (Å²) in [6, 6.07) is 26.5. The van der Waals surface area contributed by atoms with Crippen molar-refractivity contribution in [2.75, 3.05) is 10.6 Å². The van der Waals surface area contributed by atoms with Crippen LogP contribution in [0, 0.1) is 0 Å². The second-order valence-corrected chi connectivity index (χ2v) is 12.0. The zero-order valence-corrected chi connectivity index (χ0v) is 29.9. The third-order valence-electron chi connectivity index (χ3n) is 7.52. The van der Waals surface area contributed by atoms with Crippen LogP contribution in [-0.4, -0.2) is 71.2 Å². The number of hydrogen-bond acceptors (Lipinski definition) is 10. The standard InChI is InChI=1S/C19H18BClN5O3.C16H14BClN5O2/c21-17-4-2-1-3-13(17)9-18(23-20-12-28)19(29)22-14-5-7-16(8-6-14)26-10-15(11-27)24-25-26;18-14-4-2-1-3-11(14)9-15(21-17-10-24)16(25)20-12-5-7-13(8-6-12)22-23-19/h1-8,10,12,18,23,27H,9,11H2,(H,22,29);1-8,10,15,21H,9H2,(H,20,25)/t18-;15-/m00/s1. The quantitative estimate of drug-likeness (QED) is 0.0294. The first-order chi connectivity index (χ1) is 26.2. The normalized spacial score (nSPS) is 11.4. The highest BCUT2D eigenvalue weighted by Gasteiger charge is 2.21. The number of amides is 2. The van der Waals surface area contributed by atoms with E-state index in [1.165, 1.54) is 19.5 Å². The average molecular weight is 765 g/mol. The van der Waals surface area contributed by atoms with E-state index in [0.717, 1.165) is 16.8 Å². The summed E-state index contributed by atoms with van der Waals surface area (Å²) >= 11 is 12.3. The molecule has 0 saturated heterocycles. The maximum Gasteiger partial charge on any atom is 0.291 e. The molecule has 2 amide bonds. The summed E-state index contributed by atoms with van der Waals surface area (Å²) in [6.07, 6.45) is 3.40. The van der Waals surface area contributed by atoms with Crippen molar-refractivity contribution in [1.29, 1.82) is 0 Å². The number of benzene rings is 4. The number of carbonyl (C=O) groups excluding carboxylic acids is 4. The van der Waals surface area contributed by atoms with Crippen LogP contribution in [0.2, 0.25) is 10.0 Å². The maximum absolute atomic E-state index is 12.7. The zero-order valence-electron chi connectivity index (χ0n) is 28.4. The first kappa shape index (κ1) is 41.0. The number of nitrogens with one attached hydrogen (secondary N) is 4. The summed E-state index contributed by atoms with van der Waals surface area (Å²) in [7, 11) is 2.36. The third-order valence-corrected chi connectivity index (χ3v) is 8.26. The van der Waals surface area contributed by atoms with Crippen LogP contribution in [-0.2, 0) is 38.6 Å². The lowest BCUT2D eigenvalue weighted by molar-refractivity contribution is -0.118. The monoisotopic (exact) mass is 764 g/mol. The van der Waals surface area contributed by atoms with Crippen molar-refractivity contribution in [3.05, 3.63) is 141 Å². The minimum atomic E-state index is -0.679. The van der Waals surface area contributed by atoms with E-state index in [-0.39, 0.29) is 18.4 Å². The number of aromatic nitrogens is 3. The average Bonchev–Trinajstić information content (AvgIpc) is 3.67. The maximum atomic E-state index is 12.7. The minimum Gasteiger partial charge on any atom is -0.390 e. The molecule has 5 N–H and O–H groups in total. The van der Waals surface area contributed by atoms with Gasteiger partial charge in [0.1, 0.15) is 5.69 Å². The van der Waals surface area contributed by atoms with Crippen LogP contribution in [0.1, 0.15) is 16.8 Å². The van der Waals surface area contributed by atoms with E-state index in [2.05, 4.69) is 41.4 Å². The van der Waals surface area contributed by atoms with E-state index < -0.39 is 12.1 Å². The lowest BCUT2D eigenvalue weighted by Gasteiger charge is -2.18. The van der Waals surface area contributed by atoms with Gasteiger partial charge in [-0.1, -0.05) is 82.1 Å². The number of halogens is 2. The Balaban J connectivity index is 0.000000244. The predicted molar refractivity (Wildman–Crippen MR) is 209 cm³/mol. The molecule has 272 valence electrons. The number of hydrogen-bond donors (Lipinski definition) is 5. The van der Waals surface area contributed by atoms with Gasteiger partial charge in [-0.25, -0.2) is 4.68 Å². The molecule has 0 bridgehead atoms. The number of rotatable bonds is 17. The van der Waals surface area contributed by atoms with Gasteiger partial charge in [-0.15, -0.1) is 5.10 Å². The Morgan fingerprint density at radius 1 is 0.796 bits per heavy atom. The van der Waals surface area contributed by atoms with Gasteiger partial charge >= 0.3 is 0 Å². The number of carbonyl (C=O) groups is 4. The van der Waals surface area contributed by atoms with Crippen molar-refractivity contribution in [2.45, 2.75) is 31.5 Å². The molecule has 0 aliphatic carbocycles. The number of anilines is 2. The van der Waals surface area contributed by atoms with E-state index in [1.54, 1.807) is 72.9 Å². The Hall–Kier alpha value is -5.80. The van der Waals surface area contributed by atoms with E-state index in [9.17, 15) is 19.2 Å². The smallest absolute Gasteiger partial charge is 0.291 e. The summed E-state index contributed by atoms with van der Waals surface area (Å²) in [6.45, 7) is -0.189. The van der Waals surface area contributed by atoms with Gasteiger partial charge in [-0.2, -0.15) is 0 Å². The molecule has 4 aromatic carbocycles. The Kier molecular flexibility index (Phi) is 16.4. The fourth-order valence-electron chi connectivity index (χ4n) is 4.85. The number of aliphatic hydroxyl groups excluding tert-OH is 1. The molecule has 0 fully saturated rings. The summed E-state index contributed by atoms with van der Waals surface area (Å²) in [4.78, 5) is 49.2. The van der Waals surface area contributed by atoms with Crippen LogP contribution >= 0.6 is 23.2 Å². The highest BCUT2D eigenvalue weighted by atomic mass is 35.5. The largest absolute Gasteiger partial charge is 0.390 e. The molecular formula is C35H32B2Cl2N10O5. The van der Waals surface area contributed by atoms with Crippen molar-refractivity contribution in [2.24, 2.45) is 5.11 Å². The van der Waals surface area contributed by atoms with E-state index in [1.807, 2.05) is 30.3 Å². The first-order valence-electron chi connectivity index (χ1n) is 16.2. The van der Waals surface area contributed by atoms with Gasteiger partial charge in [0.05, 0.1) is 42.9 Å². The molecule has 5 rings (SSSR count). The van der Waals surface area contributed by atoms with Crippen LogP contribution < -0.4 is 21.1 Å². The minimum absolute atomic E-state index is 0.189. The highest BCUT2D eigenvalue weighted by molar-refractivity contribution is 6.65.